The van der Waals surface area contributed by atoms with E-state index in [9.17, 15) is 9.59 Å². The lowest BCUT2D eigenvalue weighted by Crippen LogP contribution is -2.43. The summed E-state index contributed by atoms with van der Waals surface area (Å²) in [6.45, 7) is 2.54. The predicted octanol–water partition coefficient (Wildman–Crippen LogP) is 3.85. The van der Waals surface area contributed by atoms with Crippen LogP contribution in [0.15, 0.2) is 52.3 Å². The molecule has 3 aromatic rings. The van der Waals surface area contributed by atoms with Gasteiger partial charge in [-0.15, -0.1) is 11.3 Å². The molecule has 0 spiro atoms. The van der Waals surface area contributed by atoms with Crippen LogP contribution in [-0.4, -0.2) is 36.5 Å². The Kier molecular flexibility index (Phi) is 5.62. The molecule has 1 saturated heterocycles. The van der Waals surface area contributed by atoms with Gasteiger partial charge in [-0.2, -0.15) is 0 Å². The number of thiophene rings is 1. The van der Waals surface area contributed by atoms with Crippen molar-refractivity contribution in [2.75, 3.05) is 19.6 Å². The van der Waals surface area contributed by atoms with Gasteiger partial charge in [0, 0.05) is 29.9 Å². The van der Waals surface area contributed by atoms with Crippen molar-refractivity contribution in [2.45, 2.75) is 19.4 Å². The van der Waals surface area contributed by atoms with Gasteiger partial charge in [0.15, 0.2) is 5.76 Å². The van der Waals surface area contributed by atoms with E-state index < -0.39 is 0 Å². The number of likely N-dealkylation sites (tertiary alicyclic amines) is 1. The lowest BCUT2D eigenvalue weighted by Gasteiger charge is -2.31. The van der Waals surface area contributed by atoms with E-state index >= 15 is 0 Å². The van der Waals surface area contributed by atoms with E-state index in [1.165, 1.54) is 0 Å². The Bertz CT molecular complexity index is 910. The van der Waals surface area contributed by atoms with E-state index in [2.05, 4.69) is 10.6 Å². The number of nitrogens with zero attached hydrogens (tertiary/aromatic N) is 1. The van der Waals surface area contributed by atoms with Gasteiger partial charge in [-0.05, 0) is 42.3 Å². The third kappa shape index (κ3) is 4.36. The first-order valence-electron chi connectivity index (χ1n) is 9.51. The molecule has 0 atom stereocenters. The van der Waals surface area contributed by atoms with Crippen LogP contribution in [0.25, 0.3) is 11.0 Å². The average Bonchev–Trinajstić information content (AvgIpc) is 3.40. The summed E-state index contributed by atoms with van der Waals surface area (Å²) in [6.07, 6.45) is 1.74. The Morgan fingerprint density at radius 2 is 1.93 bits per heavy atom. The fraction of sp³-hybridized carbons (Fsp3) is 0.333. The van der Waals surface area contributed by atoms with Crippen molar-refractivity contribution < 1.29 is 14.0 Å². The van der Waals surface area contributed by atoms with Crippen molar-refractivity contribution >= 4 is 34.2 Å². The lowest BCUT2D eigenvalue weighted by molar-refractivity contribution is 0.0661. The largest absolute Gasteiger partial charge is 0.451 e. The zero-order valence-electron chi connectivity index (χ0n) is 15.5. The second-order valence-electron chi connectivity index (χ2n) is 7.03. The van der Waals surface area contributed by atoms with E-state index in [0.29, 0.717) is 37.9 Å². The molecule has 146 valence electrons. The Morgan fingerprint density at radius 3 is 2.68 bits per heavy atom. The quantitative estimate of drug-likeness (QED) is 0.687. The lowest BCUT2D eigenvalue weighted by atomic mass is 9.96. The van der Waals surface area contributed by atoms with Crippen LogP contribution in [0.4, 0.5) is 4.79 Å². The molecule has 0 radical (unpaired) electrons. The Hall–Kier alpha value is -2.80. The molecule has 3 amide bonds. The van der Waals surface area contributed by atoms with Gasteiger partial charge in [0.05, 0.1) is 6.54 Å². The fourth-order valence-electron chi connectivity index (χ4n) is 3.46. The minimum absolute atomic E-state index is 0.0590. The van der Waals surface area contributed by atoms with Gasteiger partial charge in [0.25, 0.3) is 5.91 Å². The molecule has 0 aliphatic carbocycles. The predicted molar refractivity (Wildman–Crippen MR) is 109 cm³/mol. The summed E-state index contributed by atoms with van der Waals surface area (Å²) >= 11 is 1.63. The minimum Gasteiger partial charge on any atom is -0.451 e. The van der Waals surface area contributed by atoms with E-state index in [1.54, 1.807) is 11.3 Å². The first kappa shape index (κ1) is 18.6. The second-order valence-corrected chi connectivity index (χ2v) is 8.06. The molecule has 1 aliphatic rings. The summed E-state index contributed by atoms with van der Waals surface area (Å²) in [5, 5.41) is 8.75. The summed E-state index contributed by atoms with van der Waals surface area (Å²) < 4.78 is 5.69. The van der Waals surface area contributed by atoms with Gasteiger partial charge in [-0.25, -0.2) is 4.79 Å². The zero-order valence-corrected chi connectivity index (χ0v) is 16.3. The normalized spacial score (nSPS) is 14.9. The maximum absolute atomic E-state index is 12.7. The average molecular weight is 398 g/mol. The molecule has 2 aromatic heterocycles. The van der Waals surface area contributed by atoms with Gasteiger partial charge >= 0.3 is 6.03 Å². The number of nitrogens with one attached hydrogen (secondary N) is 2. The van der Waals surface area contributed by atoms with Crippen LogP contribution >= 0.6 is 11.3 Å². The van der Waals surface area contributed by atoms with E-state index in [-0.39, 0.29) is 11.9 Å². The van der Waals surface area contributed by atoms with Crippen LogP contribution in [0.2, 0.25) is 0 Å². The number of piperidine rings is 1. The van der Waals surface area contributed by atoms with Crippen molar-refractivity contribution in [1.82, 2.24) is 15.5 Å². The number of fused-ring (bicyclic) bond motifs is 1. The van der Waals surface area contributed by atoms with Crippen molar-refractivity contribution in [1.29, 1.82) is 0 Å². The third-order valence-electron chi connectivity index (χ3n) is 5.09. The van der Waals surface area contributed by atoms with Crippen molar-refractivity contribution in [3.63, 3.8) is 0 Å². The molecule has 0 bridgehead atoms. The molecular weight excluding hydrogens is 374 g/mol. The van der Waals surface area contributed by atoms with Crippen LogP contribution in [-0.2, 0) is 6.54 Å². The number of benzene rings is 1. The number of hydrogen-bond donors (Lipinski definition) is 2. The molecular formula is C21H23N3O3S. The van der Waals surface area contributed by atoms with Crippen LogP contribution in [0.5, 0.6) is 0 Å². The molecule has 6 nitrogen and oxygen atoms in total. The standard InChI is InChI=1S/C21H23N3O3S/c25-20(19-12-16-4-1-2-6-18(16)27-19)24-9-7-15(8-10-24)13-22-21(26)23-14-17-5-3-11-28-17/h1-6,11-12,15H,7-10,13-14H2,(H2,22,23,26). The van der Waals surface area contributed by atoms with Crippen molar-refractivity contribution in [3.05, 3.63) is 58.5 Å². The maximum atomic E-state index is 12.7. The van der Waals surface area contributed by atoms with Gasteiger partial charge < -0.3 is 20.0 Å². The first-order valence-corrected chi connectivity index (χ1v) is 10.4. The highest BCUT2D eigenvalue weighted by atomic mass is 32.1. The Labute approximate surface area is 167 Å². The monoisotopic (exact) mass is 397 g/mol. The highest BCUT2D eigenvalue weighted by Gasteiger charge is 2.25. The topological polar surface area (TPSA) is 74.6 Å². The van der Waals surface area contributed by atoms with Gasteiger partial charge in [0.2, 0.25) is 0 Å². The van der Waals surface area contributed by atoms with Gasteiger partial charge in [-0.3, -0.25) is 4.79 Å². The SMILES string of the molecule is O=C(NCc1cccs1)NCC1CCN(C(=O)c2cc3ccccc3o2)CC1. The van der Waals surface area contributed by atoms with Crippen LogP contribution in [0.3, 0.4) is 0 Å². The number of urea groups is 1. The summed E-state index contributed by atoms with van der Waals surface area (Å²) in [6, 6.07) is 13.3. The van der Waals surface area contributed by atoms with E-state index in [1.807, 2.05) is 52.7 Å². The number of carbonyl (C=O) groups excluding carboxylic acids is 2. The van der Waals surface area contributed by atoms with Gasteiger partial charge in [0.1, 0.15) is 5.58 Å². The summed E-state index contributed by atoms with van der Waals surface area (Å²) in [7, 11) is 0. The van der Waals surface area contributed by atoms with Crippen LogP contribution < -0.4 is 10.6 Å². The molecule has 2 N–H and O–H groups in total. The van der Waals surface area contributed by atoms with Crippen LogP contribution in [0, 0.1) is 5.92 Å². The molecule has 1 fully saturated rings. The molecule has 4 rings (SSSR count). The number of amides is 3. The highest BCUT2D eigenvalue weighted by molar-refractivity contribution is 7.09. The summed E-state index contributed by atoms with van der Waals surface area (Å²) in [5.41, 5.74) is 0.735. The number of hydrogen-bond acceptors (Lipinski definition) is 4. The van der Waals surface area contributed by atoms with E-state index in [4.69, 9.17) is 4.42 Å². The first-order chi connectivity index (χ1) is 13.7. The van der Waals surface area contributed by atoms with E-state index in [0.717, 1.165) is 28.7 Å². The van der Waals surface area contributed by atoms with Gasteiger partial charge in [-0.1, -0.05) is 24.3 Å². The molecule has 7 heteroatoms. The highest BCUT2D eigenvalue weighted by Crippen LogP contribution is 2.23. The Balaban J connectivity index is 1.21. The van der Waals surface area contributed by atoms with Crippen LogP contribution in [0.1, 0.15) is 28.3 Å². The zero-order chi connectivity index (χ0) is 19.3. The third-order valence-corrected chi connectivity index (χ3v) is 5.97. The number of carbonyl (C=O) groups is 2. The van der Waals surface area contributed by atoms with Crippen molar-refractivity contribution in [2.24, 2.45) is 5.92 Å². The molecule has 3 heterocycles. The number of furan rings is 1. The number of para-hydroxylation sites is 1. The molecule has 28 heavy (non-hydrogen) atoms. The second kappa shape index (κ2) is 8.48. The summed E-state index contributed by atoms with van der Waals surface area (Å²) in [5.74, 6) is 0.717. The summed E-state index contributed by atoms with van der Waals surface area (Å²) in [4.78, 5) is 27.6. The maximum Gasteiger partial charge on any atom is 0.315 e. The molecule has 0 unspecified atom stereocenters. The van der Waals surface area contributed by atoms with Crippen molar-refractivity contribution in [3.8, 4) is 0 Å². The molecule has 1 aromatic carbocycles. The fourth-order valence-corrected chi connectivity index (χ4v) is 4.11. The Morgan fingerprint density at radius 1 is 1.11 bits per heavy atom. The smallest absolute Gasteiger partial charge is 0.315 e. The molecule has 1 aliphatic heterocycles. The number of rotatable bonds is 5. The molecule has 0 saturated carbocycles. The minimum atomic E-state index is -0.144.